The van der Waals surface area contributed by atoms with Crippen LogP contribution in [-0.2, 0) is 16.1 Å². The first-order chi connectivity index (χ1) is 15.2. The van der Waals surface area contributed by atoms with Crippen LogP contribution in [0.15, 0.2) is 42.5 Å². The number of fused-ring (bicyclic) bond motifs is 1. The third kappa shape index (κ3) is 3.82. The van der Waals surface area contributed by atoms with E-state index in [0.717, 1.165) is 4.90 Å². The van der Waals surface area contributed by atoms with Crippen LogP contribution in [0.5, 0.6) is 0 Å². The SMILES string of the molecule is C[C@]1(N2C(=O)c3ccc(CNC(=O)Nc4ccc(Cl)cc4)cc3C2=O)CCC(=O)NC1=O. The van der Waals surface area contributed by atoms with Gasteiger partial charge in [-0.3, -0.25) is 29.4 Å². The van der Waals surface area contributed by atoms with Crippen LogP contribution >= 0.6 is 11.6 Å². The fourth-order valence-corrected chi connectivity index (χ4v) is 3.87. The number of nitrogens with one attached hydrogen (secondary N) is 3. The molecule has 0 aromatic heterocycles. The van der Waals surface area contributed by atoms with Crippen LogP contribution in [0.4, 0.5) is 10.5 Å². The van der Waals surface area contributed by atoms with E-state index in [1.165, 1.54) is 19.1 Å². The van der Waals surface area contributed by atoms with Crippen molar-refractivity contribution in [1.29, 1.82) is 0 Å². The molecule has 0 spiro atoms. The molecule has 2 aliphatic rings. The van der Waals surface area contributed by atoms with Gasteiger partial charge in [0, 0.05) is 23.7 Å². The van der Waals surface area contributed by atoms with Crippen molar-refractivity contribution < 1.29 is 24.0 Å². The summed E-state index contributed by atoms with van der Waals surface area (Å²) in [5.74, 6) is -2.31. The Labute approximate surface area is 188 Å². The Bertz CT molecular complexity index is 1160. The molecule has 0 unspecified atom stereocenters. The van der Waals surface area contributed by atoms with Crippen LogP contribution in [0.25, 0.3) is 0 Å². The molecule has 2 aromatic rings. The van der Waals surface area contributed by atoms with E-state index in [4.69, 9.17) is 11.6 Å². The number of hydrogen-bond donors (Lipinski definition) is 3. The van der Waals surface area contributed by atoms with Gasteiger partial charge < -0.3 is 10.6 Å². The number of imide groups is 2. The topological polar surface area (TPSA) is 125 Å². The van der Waals surface area contributed by atoms with Crippen LogP contribution < -0.4 is 16.0 Å². The number of benzene rings is 2. The van der Waals surface area contributed by atoms with E-state index >= 15 is 0 Å². The van der Waals surface area contributed by atoms with Gasteiger partial charge >= 0.3 is 6.03 Å². The summed E-state index contributed by atoms with van der Waals surface area (Å²) in [4.78, 5) is 62.9. The van der Waals surface area contributed by atoms with Crippen molar-refractivity contribution in [2.45, 2.75) is 31.8 Å². The summed E-state index contributed by atoms with van der Waals surface area (Å²) in [7, 11) is 0. The van der Waals surface area contributed by atoms with E-state index in [0.29, 0.717) is 16.3 Å². The summed E-state index contributed by atoms with van der Waals surface area (Å²) in [6.07, 6.45) is 0.0932. The maximum atomic E-state index is 13.0. The monoisotopic (exact) mass is 454 g/mol. The summed E-state index contributed by atoms with van der Waals surface area (Å²) in [5.41, 5.74) is 0.0487. The molecule has 2 aliphatic heterocycles. The normalized spacial score (nSPS) is 20.1. The molecule has 0 saturated carbocycles. The Morgan fingerprint density at radius 2 is 1.75 bits per heavy atom. The molecule has 3 N–H and O–H groups in total. The van der Waals surface area contributed by atoms with Crippen LogP contribution in [0.2, 0.25) is 5.02 Å². The number of urea groups is 1. The first-order valence-corrected chi connectivity index (χ1v) is 10.2. The Hall–Kier alpha value is -3.72. The van der Waals surface area contributed by atoms with Crippen molar-refractivity contribution in [1.82, 2.24) is 15.5 Å². The predicted molar refractivity (Wildman–Crippen MR) is 115 cm³/mol. The Kier molecular flexibility index (Phi) is 5.43. The summed E-state index contributed by atoms with van der Waals surface area (Å²) in [6.45, 7) is 1.58. The number of piperidine rings is 1. The first-order valence-electron chi connectivity index (χ1n) is 9.85. The highest BCUT2D eigenvalue weighted by molar-refractivity contribution is 6.30. The van der Waals surface area contributed by atoms with Crippen molar-refractivity contribution in [2.75, 3.05) is 5.32 Å². The highest BCUT2D eigenvalue weighted by Crippen LogP contribution is 2.34. The Balaban J connectivity index is 1.47. The van der Waals surface area contributed by atoms with Gasteiger partial charge in [0.1, 0.15) is 5.54 Å². The maximum absolute atomic E-state index is 13.0. The number of hydrogen-bond acceptors (Lipinski definition) is 5. The smallest absolute Gasteiger partial charge is 0.319 e. The van der Waals surface area contributed by atoms with Gasteiger partial charge in [0.05, 0.1) is 11.1 Å². The van der Waals surface area contributed by atoms with E-state index in [9.17, 15) is 24.0 Å². The number of rotatable bonds is 4. The van der Waals surface area contributed by atoms with Crippen LogP contribution in [0.1, 0.15) is 46.0 Å². The molecule has 1 fully saturated rings. The zero-order valence-electron chi connectivity index (χ0n) is 17.0. The maximum Gasteiger partial charge on any atom is 0.319 e. The molecule has 0 radical (unpaired) electrons. The van der Waals surface area contributed by atoms with Crippen LogP contribution in [0.3, 0.4) is 0 Å². The molecular weight excluding hydrogens is 436 g/mol. The predicted octanol–water partition coefficient (Wildman–Crippen LogP) is 2.45. The molecule has 1 atom stereocenters. The zero-order valence-corrected chi connectivity index (χ0v) is 17.8. The minimum atomic E-state index is -1.45. The quantitative estimate of drug-likeness (QED) is 0.612. The van der Waals surface area contributed by atoms with Gasteiger partial charge in [-0.2, -0.15) is 0 Å². The second-order valence-corrected chi connectivity index (χ2v) is 8.23. The van der Waals surface area contributed by atoms with Gasteiger partial charge in [0.2, 0.25) is 5.91 Å². The third-order valence-electron chi connectivity index (χ3n) is 5.58. The first kappa shape index (κ1) is 21.5. The minimum Gasteiger partial charge on any atom is -0.334 e. The number of carbonyl (C=O) groups is 5. The van der Waals surface area contributed by atoms with Crippen molar-refractivity contribution in [3.63, 3.8) is 0 Å². The van der Waals surface area contributed by atoms with Crippen LogP contribution in [-0.4, -0.2) is 40.1 Å². The van der Waals surface area contributed by atoms with E-state index in [1.807, 2.05) is 0 Å². The molecular formula is C22H19ClN4O5. The van der Waals surface area contributed by atoms with Crippen molar-refractivity contribution in [3.8, 4) is 0 Å². The fourth-order valence-electron chi connectivity index (χ4n) is 3.74. The van der Waals surface area contributed by atoms with Crippen LogP contribution in [0, 0.1) is 0 Å². The lowest BCUT2D eigenvalue weighted by Gasteiger charge is -2.38. The lowest BCUT2D eigenvalue weighted by Crippen LogP contribution is -2.62. The molecule has 32 heavy (non-hydrogen) atoms. The van der Waals surface area contributed by atoms with E-state index < -0.39 is 35.2 Å². The second-order valence-electron chi connectivity index (χ2n) is 7.79. The Morgan fingerprint density at radius 1 is 1.06 bits per heavy atom. The van der Waals surface area contributed by atoms with E-state index in [1.54, 1.807) is 30.3 Å². The van der Waals surface area contributed by atoms with Crippen molar-refractivity contribution in [3.05, 3.63) is 64.2 Å². The zero-order chi connectivity index (χ0) is 23.0. The third-order valence-corrected chi connectivity index (χ3v) is 5.83. The van der Waals surface area contributed by atoms with Gasteiger partial charge in [0.25, 0.3) is 17.7 Å². The van der Waals surface area contributed by atoms with E-state index in [2.05, 4.69) is 16.0 Å². The van der Waals surface area contributed by atoms with E-state index in [-0.39, 0.29) is 30.5 Å². The Morgan fingerprint density at radius 3 is 2.44 bits per heavy atom. The lowest BCUT2D eigenvalue weighted by atomic mass is 9.89. The highest BCUT2D eigenvalue weighted by atomic mass is 35.5. The summed E-state index contributed by atoms with van der Waals surface area (Å²) < 4.78 is 0. The van der Waals surface area contributed by atoms with Crippen molar-refractivity contribution >= 4 is 46.9 Å². The lowest BCUT2D eigenvalue weighted by molar-refractivity contribution is -0.140. The molecule has 0 aliphatic carbocycles. The average molecular weight is 455 g/mol. The number of carbonyl (C=O) groups excluding carboxylic acids is 5. The van der Waals surface area contributed by atoms with Gasteiger partial charge in [-0.15, -0.1) is 0 Å². The molecule has 9 nitrogen and oxygen atoms in total. The summed E-state index contributed by atoms with van der Waals surface area (Å²) in [5, 5.41) is 8.09. The molecule has 164 valence electrons. The van der Waals surface area contributed by atoms with Gasteiger partial charge in [-0.05, 0) is 55.3 Å². The molecule has 6 amide bonds. The summed E-state index contributed by atoms with van der Waals surface area (Å²) >= 11 is 5.82. The van der Waals surface area contributed by atoms with Crippen molar-refractivity contribution in [2.24, 2.45) is 0 Å². The second kappa shape index (κ2) is 8.08. The number of nitrogens with zero attached hydrogens (tertiary/aromatic N) is 1. The number of halogens is 1. The van der Waals surface area contributed by atoms with Gasteiger partial charge in [-0.1, -0.05) is 17.7 Å². The minimum absolute atomic E-state index is 0.0353. The van der Waals surface area contributed by atoms with Gasteiger partial charge in [-0.25, -0.2) is 4.79 Å². The highest BCUT2D eigenvalue weighted by Gasteiger charge is 2.52. The molecule has 2 aromatic carbocycles. The molecule has 0 bridgehead atoms. The average Bonchev–Trinajstić information content (AvgIpc) is 3.01. The van der Waals surface area contributed by atoms with Gasteiger partial charge in [0.15, 0.2) is 0 Å². The molecule has 1 saturated heterocycles. The molecule has 4 rings (SSSR count). The number of amides is 6. The molecule has 2 heterocycles. The standard InChI is InChI=1S/C22H19ClN4O5/c1-22(9-8-17(28)26-20(22)31)27-18(29)15-7-2-12(10-16(15)19(27)30)11-24-21(32)25-14-5-3-13(23)4-6-14/h2-7,10H,8-9,11H2,1H3,(H2,24,25,32)(H,26,28,31)/t22-/m0/s1. The fraction of sp³-hybridized carbons (Fsp3) is 0.227. The molecule has 10 heteroatoms. The largest absolute Gasteiger partial charge is 0.334 e. The number of anilines is 1. The summed E-state index contributed by atoms with van der Waals surface area (Å²) in [6, 6.07) is 10.8.